The van der Waals surface area contributed by atoms with Crippen LogP contribution in [0.5, 0.6) is 0 Å². The number of benzene rings is 2. The van der Waals surface area contributed by atoms with Gasteiger partial charge < -0.3 is 10.5 Å². The maximum Gasteiger partial charge on any atom is 0.338 e. The van der Waals surface area contributed by atoms with Gasteiger partial charge in [0.2, 0.25) is 15.9 Å². The zero-order valence-corrected chi connectivity index (χ0v) is 14.3. The summed E-state index contributed by atoms with van der Waals surface area (Å²) in [7, 11) is -3.87. The molecule has 0 radical (unpaired) electrons. The van der Waals surface area contributed by atoms with E-state index < -0.39 is 34.5 Å². The van der Waals surface area contributed by atoms with Crippen LogP contribution in [0, 0.1) is 0 Å². The molecule has 0 heterocycles. The number of carbonyl (C=O) groups excluding carboxylic acids is 2. The molecule has 0 fully saturated rings. The Bertz CT molecular complexity index is 848. The smallest absolute Gasteiger partial charge is 0.338 e. The van der Waals surface area contributed by atoms with Gasteiger partial charge in [-0.3, -0.25) is 4.79 Å². The number of ether oxygens (including phenoxy) is 1. The minimum atomic E-state index is -3.87. The van der Waals surface area contributed by atoms with Gasteiger partial charge in [-0.05, 0) is 36.8 Å². The van der Waals surface area contributed by atoms with Crippen LogP contribution in [0.1, 0.15) is 28.9 Å². The van der Waals surface area contributed by atoms with Crippen LogP contribution in [0.25, 0.3) is 0 Å². The first kappa shape index (κ1) is 18.6. The van der Waals surface area contributed by atoms with Crippen LogP contribution < -0.4 is 10.5 Å². The predicted molar refractivity (Wildman–Crippen MR) is 91.1 cm³/mol. The number of carbonyl (C=O) groups is 2. The molecule has 8 heteroatoms. The Labute approximate surface area is 145 Å². The van der Waals surface area contributed by atoms with Crippen LogP contribution in [-0.4, -0.2) is 26.8 Å². The second-order valence-electron chi connectivity index (χ2n) is 5.27. The zero-order chi connectivity index (χ0) is 18.4. The molecule has 2 aromatic rings. The zero-order valence-electron chi connectivity index (χ0n) is 13.5. The van der Waals surface area contributed by atoms with E-state index in [0.717, 1.165) is 5.56 Å². The second kappa shape index (κ2) is 7.91. The monoisotopic (exact) mass is 362 g/mol. The van der Waals surface area contributed by atoms with Gasteiger partial charge in [0.1, 0.15) is 6.10 Å². The molecule has 0 aliphatic rings. The number of hydrogen-bond acceptors (Lipinski definition) is 5. The fourth-order valence-electron chi connectivity index (χ4n) is 2.04. The lowest BCUT2D eigenvalue weighted by Crippen LogP contribution is -2.33. The summed E-state index contributed by atoms with van der Waals surface area (Å²) in [5.41, 5.74) is 5.98. The highest BCUT2D eigenvalue weighted by atomic mass is 32.2. The van der Waals surface area contributed by atoms with Gasteiger partial charge in [-0.1, -0.05) is 30.3 Å². The highest BCUT2D eigenvalue weighted by Crippen LogP contribution is 2.19. The third kappa shape index (κ3) is 5.13. The summed E-state index contributed by atoms with van der Waals surface area (Å²) in [5, 5.41) is 0. The van der Waals surface area contributed by atoms with Gasteiger partial charge in [-0.15, -0.1) is 0 Å². The molecule has 0 aliphatic heterocycles. The first-order chi connectivity index (χ1) is 11.8. The molecular weight excluding hydrogens is 344 g/mol. The van der Waals surface area contributed by atoms with E-state index in [0.29, 0.717) is 0 Å². The first-order valence-corrected chi connectivity index (χ1v) is 8.92. The fourth-order valence-corrected chi connectivity index (χ4v) is 3.03. The summed E-state index contributed by atoms with van der Waals surface area (Å²) >= 11 is 0. The quantitative estimate of drug-likeness (QED) is 0.722. The van der Waals surface area contributed by atoms with Crippen molar-refractivity contribution >= 4 is 21.9 Å². The Morgan fingerprint density at radius 3 is 2.24 bits per heavy atom. The highest BCUT2D eigenvalue weighted by Gasteiger charge is 2.17. The number of amides is 1. The van der Waals surface area contributed by atoms with Gasteiger partial charge in [-0.2, -0.15) is 0 Å². The maximum absolute atomic E-state index is 12.2. The summed E-state index contributed by atoms with van der Waals surface area (Å²) in [6, 6.07) is 14.5. The van der Waals surface area contributed by atoms with E-state index in [9.17, 15) is 18.0 Å². The van der Waals surface area contributed by atoms with Crippen molar-refractivity contribution in [3.05, 3.63) is 65.7 Å². The maximum atomic E-state index is 12.2. The molecule has 7 nitrogen and oxygen atoms in total. The molecule has 0 bridgehead atoms. The summed E-state index contributed by atoms with van der Waals surface area (Å²) in [5.74, 6) is -1.36. The molecule has 0 spiro atoms. The number of nitrogens with one attached hydrogen (secondary N) is 1. The Kier molecular flexibility index (Phi) is 5.89. The molecule has 1 atom stereocenters. The van der Waals surface area contributed by atoms with Crippen molar-refractivity contribution in [2.45, 2.75) is 17.9 Å². The van der Waals surface area contributed by atoms with Crippen LogP contribution in [0.2, 0.25) is 0 Å². The van der Waals surface area contributed by atoms with Crippen molar-refractivity contribution < 1.29 is 22.7 Å². The second-order valence-corrected chi connectivity index (χ2v) is 7.04. The molecule has 132 valence electrons. The van der Waals surface area contributed by atoms with Gasteiger partial charge in [0, 0.05) is 0 Å². The molecule has 0 saturated heterocycles. The van der Waals surface area contributed by atoms with E-state index in [4.69, 9.17) is 10.5 Å². The Morgan fingerprint density at radius 2 is 1.68 bits per heavy atom. The topological polar surface area (TPSA) is 116 Å². The number of esters is 1. The molecule has 0 aromatic heterocycles. The third-order valence-corrected chi connectivity index (χ3v) is 4.81. The van der Waals surface area contributed by atoms with Crippen LogP contribution in [0.4, 0.5) is 0 Å². The molecule has 25 heavy (non-hydrogen) atoms. The predicted octanol–water partition coefficient (Wildman–Crippen LogP) is 1.37. The van der Waals surface area contributed by atoms with Crippen molar-refractivity contribution in [1.29, 1.82) is 0 Å². The van der Waals surface area contributed by atoms with E-state index in [1.54, 1.807) is 6.92 Å². The summed E-state index contributed by atoms with van der Waals surface area (Å²) < 4.78 is 31.3. The standard InChI is InChI=1S/C17H18N2O5S/c1-12(13-5-3-2-4-6-13)24-17(21)14-7-9-15(10-8-14)25(22,23)19-11-16(18)20/h2-10,12,19H,11H2,1H3,(H2,18,20)/t12-/m0/s1. The van der Waals surface area contributed by atoms with Crippen LogP contribution >= 0.6 is 0 Å². The molecule has 0 saturated carbocycles. The molecule has 3 N–H and O–H groups in total. The molecule has 0 unspecified atom stereocenters. The number of rotatable bonds is 7. The Balaban J connectivity index is 2.06. The lowest BCUT2D eigenvalue weighted by Gasteiger charge is -2.13. The summed E-state index contributed by atoms with van der Waals surface area (Å²) in [6.07, 6.45) is -0.436. The molecule has 2 aromatic carbocycles. The van der Waals surface area contributed by atoms with E-state index in [1.165, 1.54) is 24.3 Å². The van der Waals surface area contributed by atoms with E-state index in [2.05, 4.69) is 4.72 Å². The highest BCUT2D eigenvalue weighted by molar-refractivity contribution is 7.89. The third-order valence-electron chi connectivity index (χ3n) is 3.39. The van der Waals surface area contributed by atoms with Gasteiger partial charge in [0.15, 0.2) is 0 Å². The van der Waals surface area contributed by atoms with Crippen molar-refractivity contribution in [3.63, 3.8) is 0 Å². The fraction of sp³-hybridized carbons (Fsp3) is 0.176. The first-order valence-electron chi connectivity index (χ1n) is 7.43. The van der Waals surface area contributed by atoms with Crippen molar-refractivity contribution in [2.75, 3.05) is 6.54 Å². The van der Waals surface area contributed by atoms with E-state index in [1.807, 2.05) is 30.3 Å². The van der Waals surface area contributed by atoms with Crippen molar-refractivity contribution in [3.8, 4) is 0 Å². The van der Waals surface area contributed by atoms with Crippen molar-refractivity contribution in [1.82, 2.24) is 4.72 Å². The number of hydrogen-bond donors (Lipinski definition) is 2. The average molecular weight is 362 g/mol. The number of primary amides is 1. The average Bonchev–Trinajstić information content (AvgIpc) is 2.61. The Morgan fingerprint density at radius 1 is 1.08 bits per heavy atom. The Hall–Kier alpha value is -2.71. The minimum Gasteiger partial charge on any atom is -0.454 e. The van der Waals surface area contributed by atoms with Gasteiger partial charge in [-0.25, -0.2) is 17.9 Å². The molecule has 1 amide bonds. The lowest BCUT2D eigenvalue weighted by molar-refractivity contribution is -0.116. The molecule has 0 aliphatic carbocycles. The van der Waals surface area contributed by atoms with Crippen LogP contribution in [-0.2, 0) is 19.6 Å². The van der Waals surface area contributed by atoms with Crippen LogP contribution in [0.3, 0.4) is 0 Å². The van der Waals surface area contributed by atoms with Gasteiger partial charge in [0.05, 0.1) is 17.0 Å². The number of sulfonamides is 1. The van der Waals surface area contributed by atoms with Gasteiger partial charge in [0.25, 0.3) is 0 Å². The molecular formula is C17H18N2O5S. The minimum absolute atomic E-state index is 0.0820. The summed E-state index contributed by atoms with van der Waals surface area (Å²) in [6.45, 7) is 1.25. The summed E-state index contributed by atoms with van der Waals surface area (Å²) in [4.78, 5) is 22.7. The van der Waals surface area contributed by atoms with E-state index in [-0.39, 0.29) is 10.5 Å². The van der Waals surface area contributed by atoms with E-state index >= 15 is 0 Å². The SMILES string of the molecule is C[C@H](OC(=O)c1ccc(S(=O)(=O)NCC(N)=O)cc1)c1ccccc1. The van der Waals surface area contributed by atoms with Crippen LogP contribution in [0.15, 0.2) is 59.5 Å². The largest absolute Gasteiger partial charge is 0.454 e. The lowest BCUT2D eigenvalue weighted by atomic mass is 10.1. The number of nitrogens with two attached hydrogens (primary N) is 1. The van der Waals surface area contributed by atoms with Crippen molar-refractivity contribution in [2.24, 2.45) is 5.73 Å². The normalized spacial score (nSPS) is 12.4. The van der Waals surface area contributed by atoms with Gasteiger partial charge >= 0.3 is 5.97 Å². The molecule has 2 rings (SSSR count).